The van der Waals surface area contributed by atoms with E-state index in [1.807, 2.05) is 0 Å². The molecule has 0 unspecified atom stereocenters. The summed E-state index contributed by atoms with van der Waals surface area (Å²) in [6.45, 7) is -0.740. The lowest BCUT2D eigenvalue weighted by Gasteiger charge is -2.07. The first kappa shape index (κ1) is 9.98. The van der Waals surface area contributed by atoms with Crippen molar-refractivity contribution in [2.75, 3.05) is 0 Å². The van der Waals surface area contributed by atoms with Crippen molar-refractivity contribution in [1.82, 2.24) is 0 Å². The number of hydrogen-bond donors (Lipinski definition) is 1. The van der Waals surface area contributed by atoms with E-state index < -0.39 is 24.2 Å². The summed E-state index contributed by atoms with van der Waals surface area (Å²) in [5, 5.41) is 8.50. The molecule has 0 heterocycles. The molecule has 5 heteroatoms. The molecule has 0 radical (unpaired) electrons. The summed E-state index contributed by atoms with van der Waals surface area (Å²) < 4.78 is 48.7. The Morgan fingerprint density at radius 3 is 2.31 bits per heavy atom. The second kappa shape index (κ2) is 3.33. The largest absolute Gasteiger partial charge is 0.416 e. The van der Waals surface area contributed by atoms with Crippen LogP contribution in [0.25, 0.3) is 0 Å². The van der Waals surface area contributed by atoms with E-state index in [4.69, 9.17) is 5.11 Å². The predicted molar refractivity (Wildman–Crippen MR) is 37.3 cm³/mol. The molecular weight excluding hydrogens is 188 g/mol. The van der Waals surface area contributed by atoms with Gasteiger partial charge in [-0.05, 0) is 18.2 Å². The van der Waals surface area contributed by atoms with E-state index >= 15 is 0 Å². The van der Waals surface area contributed by atoms with Crippen LogP contribution in [0.3, 0.4) is 0 Å². The summed E-state index contributed by atoms with van der Waals surface area (Å²) in [5.74, 6) is -0.837. The molecule has 1 aromatic carbocycles. The van der Waals surface area contributed by atoms with Gasteiger partial charge in [0.2, 0.25) is 0 Å². The summed E-state index contributed by atoms with van der Waals surface area (Å²) in [6.07, 6.45) is -4.50. The van der Waals surface area contributed by atoms with Crippen molar-refractivity contribution in [3.05, 3.63) is 35.1 Å². The zero-order chi connectivity index (χ0) is 10.1. The molecule has 1 nitrogen and oxygen atoms in total. The highest BCUT2D eigenvalue weighted by molar-refractivity contribution is 5.26. The van der Waals surface area contributed by atoms with E-state index in [0.29, 0.717) is 18.2 Å². The van der Waals surface area contributed by atoms with Gasteiger partial charge in [-0.3, -0.25) is 0 Å². The van der Waals surface area contributed by atoms with Gasteiger partial charge >= 0.3 is 6.18 Å². The van der Waals surface area contributed by atoms with E-state index in [1.165, 1.54) is 0 Å². The van der Waals surface area contributed by atoms with E-state index in [-0.39, 0.29) is 5.56 Å². The molecule has 0 aliphatic heterocycles. The van der Waals surface area contributed by atoms with Gasteiger partial charge in [0, 0.05) is 5.56 Å². The van der Waals surface area contributed by atoms with Gasteiger partial charge < -0.3 is 5.11 Å². The Labute approximate surface area is 71.6 Å². The van der Waals surface area contributed by atoms with Crippen LogP contribution in [0.15, 0.2) is 18.2 Å². The van der Waals surface area contributed by atoms with Crippen LogP contribution in [0.4, 0.5) is 17.6 Å². The molecule has 0 atom stereocenters. The third-order valence-electron chi connectivity index (χ3n) is 1.54. The minimum absolute atomic E-state index is 0.352. The maximum atomic E-state index is 12.6. The molecule has 0 aliphatic carbocycles. The minimum atomic E-state index is -4.50. The van der Waals surface area contributed by atoms with Crippen LogP contribution in [0, 0.1) is 5.82 Å². The molecule has 1 aromatic rings. The predicted octanol–water partition coefficient (Wildman–Crippen LogP) is 2.34. The highest BCUT2D eigenvalue weighted by Gasteiger charge is 2.30. The van der Waals surface area contributed by atoms with Crippen LogP contribution < -0.4 is 0 Å². The van der Waals surface area contributed by atoms with Gasteiger partial charge in [-0.15, -0.1) is 0 Å². The summed E-state index contributed by atoms with van der Waals surface area (Å²) in [4.78, 5) is 0. The lowest BCUT2D eigenvalue weighted by atomic mass is 10.1. The molecule has 0 aliphatic rings. The van der Waals surface area contributed by atoms with Crippen LogP contribution in [0.2, 0.25) is 0 Å². The maximum Gasteiger partial charge on any atom is 0.416 e. The normalized spacial score (nSPS) is 11.8. The van der Waals surface area contributed by atoms with Gasteiger partial charge in [0.25, 0.3) is 0 Å². The van der Waals surface area contributed by atoms with Crippen molar-refractivity contribution in [2.24, 2.45) is 0 Å². The summed E-state index contributed by atoms with van der Waals surface area (Å²) in [7, 11) is 0. The number of hydrogen-bond acceptors (Lipinski definition) is 1. The van der Waals surface area contributed by atoms with Gasteiger partial charge in [0.1, 0.15) is 5.82 Å². The second-order valence-electron chi connectivity index (χ2n) is 2.46. The quantitative estimate of drug-likeness (QED) is 0.680. The molecule has 0 aromatic heterocycles. The third kappa shape index (κ3) is 2.18. The number of aliphatic hydroxyl groups excluding tert-OH is 1. The fourth-order valence-electron chi connectivity index (χ4n) is 0.872. The Morgan fingerprint density at radius 2 is 1.85 bits per heavy atom. The first-order valence-corrected chi connectivity index (χ1v) is 3.41. The fourth-order valence-corrected chi connectivity index (χ4v) is 0.872. The fraction of sp³-hybridized carbons (Fsp3) is 0.250. The van der Waals surface area contributed by atoms with Crippen LogP contribution in [0.5, 0.6) is 0 Å². The summed E-state index contributed by atoms with van der Waals surface area (Å²) in [6, 6.07) is 1.91. The van der Waals surface area contributed by atoms with Crippen LogP contribution >= 0.6 is 0 Å². The van der Waals surface area contributed by atoms with E-state index in [0.717, 1.165) is 0 Å². The summed E-state index contributed by atoms with van der Waals surface area (Å²) in [5.41, 5.74) is -1.31. The Kier molecular flexibility index (Phi) is 2.56. The molecule has 13 heavy (non-hydrogen) atoms. The number of aliphatic hydroxyl groups is 1. The van der Waals surface area contributed by atoms with Crippen molar-refractivity contribution < 1.29 is 22.7 Å². The Bertz CT molecular complexity index is 306. The Hall–Kier alpha value is -1.10. The number of alkyl halides is 3. The van der Waals surface area contributed by atoms with Crippen molar-refractivity contribution in [2.45, 2.75) is 12.8 Å². The molecule has 0 amide bonds. The highest BCUT2D eigenvalue weighted by atomic mass is 19.4. The van der Waals surface area contributed by atoms with E-state index in [2.05, 4.69) is 0 Å². The molecule has 0 saturated heterocycles. The van der Waals surface area contributed by atoms with Gasteiger partial charge in [0.05, 0.1) is 12.2 Å². The smallest absolute Gasteiger partial charge is 0.392 e. The first-order valence-electron chi connectivity index (χ1n) is 3.41. The maximum absolute atomic E-state index is 12.6. The molecule has 0 spiro atoms. The third-order valence-corrected chi connectivity index (χ3v) is 1.54. The zero-order valence-electron chi connectivity index (χ0n) is 6.40. The second-order valence-corrected chi connectivity index (χ2v) is 2.46. The van der Waals surface area contributed by atoms with E-state index in [9.17, 15) is 17.6 Å². The molecule has 1 rings (SSSR count). The standard InChI is InChI=1S/C8H6F4O/c9-7-2-1-6(8(10,11)12)3-5(7)4-13/h1-3,13H,4H2. The van der Waals surface area contributed by atoms with Crippen molar-refractivity contribution in [1.29, 1.82) is 0 Å². The van der Waals surface area contributed by atoms with Crippen molar-refractivity contribution in [3.63, 3.8) is 0 Å². The average molecular weight is 194 g/mol. The number of benzene rings is 1. The Balaban J connectivity index is 3.14. The van der Waals surface area contributed by atoms with Crippen molar-refractivity contribution in [3.8, 4) is 0 Å². The van der Waals surface area contributed by atoms with Crippen molar-refractivity contribution >= 4 is 0 Å². The SMILES string of the molecule is OCc1cc(C(F)(F)F)ccc1F. The first-order chi connectivity index (χ1) is 5.95. The molecule has 0 fully saturated rings. The topological polar surface area (TPSA) is 20.2 Å². The lowest BCUT2D eigenvalue weighted by molar-refractivity contribution is -0.137. The number of rotatable bonds is 1. The zero-order valence-corrected chi connectivity index (χ0v) is 6.40. The van der Waals surface area contributed by atoms with Crippen LogP contribution in [-0.2, 0) is 12.8 Å². The van der Waals surface area contributed by atoms with Gasteiger partial charge in [-0.2, -0.15) is 13.2 Å². The number of halogens is 4. The lowest BCUT2D eigenvalue weighted by Crippen LogP contribution is -2.06. The minimum Gasteiger partial charge on any atom is -0.392 e. The van der Waals surface area contributed by atoms with Gasteiger partial charge in [0.15, 0.2) is 0 Å². The highest BCUT2D eigenvalue weighted by Crippen LogP contribution is 2.30. The molecular formula is C8H6F4O. The van der Waals surface area contributed by atoms with Gasteiger partial charge in [-0.25, -0.2) is 4.39 Å². The van der Waals surface area contributed by atoms with E-state index in [1.54, 1.807) is 0 Å². The van der Waals surface area contributed by atoms with Crippen LogP contribution in [-0.4, -0.2) is 5.11 Å². The monoisotopic (exact) mass is 194 g/mol. The van der Waals surface area contributed by atoms with Crippen LogP contribution in [0.1, 0.15) is 11.1 Å². The van der Waals surface area contributed by atoms with Gasteiger partial charge in [-0.1, -0.05) is 0 Å². The molecule has 0 saturated carbocycles. The molecule has 0 bridgehead atoms. The Morgan fingerprint density at radius 1 is 1.23 bits per heavy atom. The average Bonchev–Trinajstić information content (AvgIpc) is 2.03. The summed E-state index contributed by atoms with van der Waals surface area (Å²) >= 11 is 0. The molecule has 72 valence electrons. The molecule has 1 N–H and O–H groups in total.